The van der Waals surface area contributed by atoms with Crippen LogP contribution in [-0.4, -0.2) is 6.61 Å². The molecule has 15 heavy (non-hydrogen) atoms. The van der Waals surface area contributed by atoms with Crippen LogP contribution in [-0.2, 0) is 11.3 Å². The lowest BCUT2D eigenvalue weighted by atomic mass is 10.2. The minimum absolute atomic E-state index is 0.111. The molecular weight excluding hydrogens is 219 g/mol. The van der Waals surface area contributed by atoms with E-state index in [2.05, 4.69) is 4.74 Å². The van der Waals surface area contributed by atoms with E-state index in [1.54, 1.807) is 0 Å². The Hall–Kier alpha value is -1.17. The molecule has 0 fully saturated rings. The van der Waals surface area contributed by atoms with Gasteiger partial charge in [0.2, 0.25) is 5.82 Å². The second-order valence-electron chi connectivity index (χ2n) is 2.69. The molecule has 0 heterocycles. The van der Waals surface area contributed by atoms with Gasteiger partial charge in [0.1, 0.15) is 0 Å². The molecule has 1 rings (SSSR count). The van der Waals surface area contributed by atoms with Gasteiger partial charge in [0.15, 0.2) is 23.3 Å². The smallest absolute Gasteiger partial charge is 0.200 e. The van der Waals surface area contributed by atoms with Crippen LogP contribution in [0.5, 0.6) is 0 Å². The highest BCUT2D eigenvalue weighted by atomic mass is 19.2. The highest BCUT2D eigenvalue weighted by Gasteiger charge is 2.25. The first-order valence-electron chi connectivity index (χ1n) is 4.08. The molecule has 84 valence electrons. The fourth-order valence-electron chi connectivity index (χ4n) is 0.981. The second kappa shape index (κ2) is 4.57. The second-order valence-corrected chi connectivity index (χ2v) is 2.69. The standard InChI is InChI=1S/C9H7F5O/c1-2-15-3-4-5(10)7(12)9(14)8(13)6(4)11/h2-3H2,1H3. The van der Waals surface area contributed by atoms with Crippen molar-refractivity contribution < 1.29 is 26.7 Å². The maximum absolute atomic E-state index is 12.9. The number of hydrogen-bond donors (Lipinski definition) is 0. The first-order valence-corrected chi connectivity index (χ1v) is 4.08. The van der Waals surface area contributed by atoms with Crippen molar-refractivity contribution in [2.45, 2.75) is 13.5 Å². The van der Waals surface area contributed by atoms with Crippen LogP contribution in [0.25, 0.3) is 0 Å². The van der Waals surface area contributed by atoms with Crippen molar-refractivity contribution >= 4 is 0 Å². The van der Waals surface area contributed by atoms with Crippen LogP contribution in [0.4, 0.5) is 22.0 Å². The van der Waals surface area contributed by atoms with E-state index in [0.717, 1.165) is 0 Å². The summed E-state index contributed by atoms with van der Waals surface area (Å²) in [5.74, 6) is -9.77. The summed E-state index contributed by atoms with van der Waals surface area (Å²) in [4.78, 5) is 0. The maximum Gasteiger partial charge on any atom is 0.200 e. The SMILES string of the molecule is CCOCc1c(F)c(F)c(F)c(F)c1F. The van der Waals surface area contributed by atoms with E-state index in [1.807, 2.05) is 0 Å². The number of hydrogen-bond acceptors (Lipinski definition) is 1. The number of rotatable bonds is 3. The minimum atomic E-state index is -2.16. The predicted octanol–water partition coefficient (Wildman–Crippen LogP) is 2.92. The molecule has 0 saturated heterocycles. The molecule has 0 amide bonds. The highest BCUT2D eigenvalue weighted by Crippen LogP contribution is 2.23. The molecular formula is C9H7F5O. The largest absolute Gasteiger partial charge is 0.377 e. The van der Waals surface area contributed by atoms with Gasteiger partial charge < -0.3 is 4.74 Å². The van der Waals surface area contributed by atoms with E-state index in [0.29, 0.717) is 0 Å². The van der Waals surface area contributed by atoms with Gasteiger partial charge in [-0.25, -0.2) is 22.0 Å². The average molecular weight is 226 g/mol. The molecule has 0 saturated carbocycles. The predicted molar refractivity (Wildman–Crippen MR) is 41.6 cm³/mol. The Morgan fingerprint density at radius 2 is 1.20 bits per heavy atom. The number of ether oxygens (including phenoxy) is 1. The Balaban J connectivity index is 3.26. The summed E-state index contributed by atoms with van der Waals surface area (Å²) in [6.07, 6.45) is 0. The molecule has 0 unspecified atom stereocenters. The topological polar surface area (TPSA) is 9.23 Å². The zero-order valence-corrected chi connectivity index (χ0v) is 7.71. The van der Waals surface area contributed by atoms with Gasteiger partial charge in [0.25, 0.3) is 0 Å². The third kappa shape index (κ3) is 2.09. The first kappa shape index (κ1) is 11.9. The van der Waals surface area contributed by atoms with Crippen LogP contribution in [0.3, 0.4) is 0 Å². The molecule has 0 N–H and O–H groups in total. The quantitative estimate of drug-likeness (QED) is 0.437. The summed E-state index contributed by atoms with van der Waals surface area (Å²) in [5.41, 5.74) is -0.951. The fourth-order valence-corrected chi connectivity index (χ4v) is 0.981. The average Bonchev–Trinajstić information content (AvgIpc) is 2.24. The molecule has 6 heteroatoms. The van der Waals surface area contributed by atoms with E-state index in [-0.39, 0.29) is 6.61 Å². The first-order chi connectivity index (χ1) is 7.00. The molecule has 0 aromatic heterocycles. The Morgan fingerprint density at radius 3 is 1.60 bits per heavy atom. The molecule has 0 atom stereocenters. The molecule has 1 aromatic carbocycles. The summed E-state index contributed by atoms with van der Waals surface area (Å²) >= 11 is 0. The van der Waals surface area contributed by atoms with Gasteiger partial charge in [-0.1, -0.05) is 0 Å². The molecule has 0 bridgehead atoms. The van der Waals surface area contributed by atoms with Crippen molar-refractivity contribution in [1.82, 2.24) is 0 Å². The molecule has 0 aliphatic carbocycles. The maximum atomic E-state index is 12.9. The zero-order chi connectivity index (χ0) is 11.6. The molecule has 1 nitrogen and oxygen atoms in total. The lowest BCUT2D eigenvalue weighted by Crippen LogP contribution is -2.08. The minimum Gasteiger partial charge on any atom is -0.377 e. The lowest BCUT2D eigenvalue weighted by Gasteiger charge is -2.07. The van der Waals surface area contributed by atoms with Gasteiger partial charge in [0.05, 0.1) is 12.2 Å². The van der Waals surface area contributed by atoms with Crippen LogP contribution in [0.15, 0.2) is 0 Å². The van der Waals surface area contributed by atoms with Crippen molar-refractivity contribution in [3.05, 3.63) is 34.6 Å². The molecule has 0 spiro atoms. The van der Waals surface area contributed by atoms with E-state index in [1.165, 1.54) is 6.92 Å². The van der Waals surface area contributed by atoms with Gasteiger partial charge in [-0.15, -0.1) is 0 Å². The van der Waals surface area contributed by atoms with E-state index in [9.17, 15) is 22.0 Å². The molecule has 0 aliphatic rings. The summed E-state index contributed by atoms with van der Waals surface area (Å²) < 4.78 is 68.2. The monoisotopic (exact) mass is 226 g/mol. The van der Waals surface area contributed by atoms with Gasteiger partial charge in [-0.05, 0) is 6.92 Å². The van der Waals surface area contributed by atoms with Crippen LogP contribution in [0, 0.1) is 29.1 Å². The van der Waals surface area contributed by atoms with Crippen molar-refractivity contribution in [1.29, 1.82) is 0 Å². The summed E-state index contributed by atoms with van der Waals surface area (Å²) in [6, 6.07) is 0. The van der Waals surface area contributed by atoms with Crippen molar-refractivity contribution in [2.75, 3.05) is 6.61 Å². The Bertz CT molecular complexity index is 348. The van der Waals surface area contributed by atoms with Gasteiger partial charge in [0, 0.05) is 6.61 Å². The number of benzene rings is 1. The van der Waals surface area contributed by atoms with Gasteiger partial charge in [-0.3, -0.25) is 0 Å². The van der Waals surface area contributed by atoms with E-state index >= 15 is 0 Å². The van der Waals surface area contributed by atoms with Crippen molar-refractivity contribution in [3.8, 4) is 0 Å². The third-order valence-electron chi connectivity index (χ3n) is 1.75. The summed E-state index contributed by atoms with van der Waals surface area (Å²) in [5, 5.41) is 0. The van der Waals surface area contributed by atoms with Crippen molar-refractivity contribution in [2.24, 2.45) is 0 Å². The van der Waals surface area contributed by atoms with Gasteiger partial charge >= 0.3 is 0 Å². The lowest BCUT2D eigenvalue weighted by molar-refractivity contribution is 0.126. The van der Waals surface area contributed by atoms with Crippen LogP contribution in [0.1, 0.15) is 12.5 Å². The summed E-state index contributed by atoms with van der Waals surface area (Å²) in [6.45, 7) is 0.994. The Kier molecular flexibility index (Phi) is 3.62. The summed E-state index contributed by atoms with van der Waals surface area (Å²) in [7, 11) is 0. The highest BCUT2D eigenvalue weighted by molar-refractivity contribution is 5.23. The number of halogens is 5. The van der Waals surface area contributed by atoms with Crippen molar-refractivity contribution in [3.63, 3.8) is 0 Å². The zero-order valence-electron chi connectivity index (χ0n) is 7.71. The van der Waals surface area contributed by atoms with Crippen LogP contribution >= 0.6 is 0 Å². The van der Waals surface area contributed by atoms with E-state index < -0.39 is 41.3 Å². The van der Waals surface area contributed by atoms with Crippen LogP contribution in [0.2, 0.25) is 0 Å². The molecule has 1 aromatic rings. The Morgan fingerprint density at radius 1 is 0.800 bits per heavy atom. The third-order valence-corrected chi connectivity index (χ3v) is 1.75. The van der Waals surface area contributed by atoms with Crippen LogP contribution < -0.4 is 0 Å². The normalized spacial score (nSPS) is 10.8. The molecule has 0 aliphatic heterocycles. The van der Waals surface area contributed by atoms with Gasteiger partial charge in [-0.2, -0.15) is 0 Å². The fraction of sp³-hybridized carbons (Fsp3) is 0.333. The van der Waals surface area contributed by atoms with E-state index in [4.69, 9.17) is 0 Å². The molecule has 0 radical (unpaired) electrons. The Labute approximate surface area is 82.5 Å².